The molecule has 0 atom stereocenters. The summed E-state index contributed by atoms with van der Waals surface area (Å²) in [4.78, 5) is 24.5. The smallest absolute Gasteiger partial charge is 0.264 e. The average molecular weight is 527 g/mol. The number of hydrogen-bond acceptors (Lipinski definition) is 6. The third-order valence-electron chi connectivity index (χ3n) is 6.34. The van der Waals surface area contributed by atoms with Crippen LogP contribution in [0.5, 0.6) is 0 Å². The minimum atomic E-state index is -3.74. The lowest BCUT2D eigenvalue weighted by Crippen LogP contribution is -2.31. The largest absolute Gasteiger partial charge is 0.278 e. The Labute approximate surface area is 218 Å². The summed E-state index contributed by atoms with van der Waals surface area (Å²) >= 11 is 1.43. The zero-order chi connectivity index (χ0) is 25.4. The SMILES string of the molecule is O=C(c1ccc(S(=O)(=O)N2CCc3ccccc32)cc1)N(Cc1ccccn1)c1nc2ccccc2s1. The second-order valence-corrected chi connectivity index (χ2v) is 11.5. The van der Waals surface area contributed by atoms with Crippen molar-refractivity contribution in [2.45, 2.75) is 17.9 Å². The fraction of sp³-hybridized carbons (Fsp3) is 0.107. The monoisotopic (exact) mass is 526 g/mol. The number of aromatic nitrogens is 2. The van der Waals surface area contributed by atoms with Gasteiger partial charge in [-0.05, 0) is 66.6 Å². The Hall–Kier alpha value is -4.08. The maximum Gasteiger partial charge on any atom is 0.264 e. The molecule has 7 nitrogen and oxygen atoms in total. The van der Waals surface area contributed by atoms with Gasteiger partial charge >= 0.3 is 0 Å². The van der Waals surface area contributed by atoms with Crippen molar-refractivity contribution in [3.8, 4) is 0 Å². The van der Waals surface area contributed by atoms with Gasteiger partial charge in [-0.1, -0.05) is 47.7 Å². The first-order valence-electron chi connectivity index (χ1n) is 11.8. The molecule has 184 valence electrons. The first-order valence-corrected chi connectivity index (χ1v) is 14.0. The quantitative estimate of drug-likeness (QED) is 0.300. The number of hydrogen-bond donors (Lipinski definition) is 0. The van der Waals surface area contributed by atoms with Crippen molar-refractivity contribution in [2.24, 2.45) is 0 Å². The number of amides is 1. The van der Waals surface area contributed by atoms with Gasteiger partial charge in [-0.25, -0.2) is 13.4 Å². The molecule has 0 fully saturated rings. The number of anilines is 2. The van der Waals surface area contributed by atoms with Crippen molar-refractivity contribution in [1.82, 2.24) is 9.97 Å². The van der Waals surface area contributed by atoms with Crippen LogP contribution < -0.4 is 9.21 Å². The van der Waals surface area contributed by atoms with Crippen LogP contribution in [0.3, 0.4) is 0 Å². The zero-order valence-electron chi connectivity index (χ0n) is 19.7. The van der Waals surface area contributed by atoms with Crippen LogP contribution in [0.15, 0.2) is 102 Å². The highest BCUT2D eigenvalue weighted by Gasteiger charge is 2.31. The number of rotatable bonds is 6. The number of pyridine rings is 1. The van der Waals surface area contributed by atoms with Crippen molar-refractivity contribution in [3.05, 3.63) is 114 Å². The van der Waals surface area contributed by atoms with E-state index in [1.54, 1.807) is 23.2 Å². The van der Waals surface area contributed by atoms with E-state index < -0.39 is 10.0 Å². The average Bonchev–Trinajstić information content (AvgIpc) is 3.57. The van der Waals surface area contributed by atoms with Gasteiger partial charge < -0.3 is 0 Å². The van der Waals surface area contributed by atoms with Crippen LogP contribution in [-0.4, -0.2) is 30.8 Å². The standard InChI is InChI=1S/C28H22N4O3S2/c33-27(31(19-22-8-5-6-17-29-22)28-30-24-9-2-4-11-26(24)36-28)21-12-14-23(15-13-21)37(34,35)32-18-16-20-7-1-3-10-25(20)32/h1-15,17H,16,18-19H2. The maximum atomic E-state index is 13.7. The number of benzene rings is 3. The van der Waals surface area contributed by atoms with Gasteiger partial charge in [-0.15, -0.1) is 0 Å². The first kappa shape index (κ1) is 23.3. The van der Waals surface area contributed by atoms with E-state index >= 15 is 0 Å². The van der Waals surface area contributed by atoms with Crippen LogP contribution in [0.1, 0.15) is 21.6 Å². The topological polar surface area (TPSA) is 83.5 Å². The highest BCUT2D eigenvalue weighted by atomic mass is 32.2. The van der Waals surface area contributed by atoms with E-state index in [1.165, 1.54) is 27.8 Å². The molecule has 0 radical (unpaired) electrons. The van der Waals surface area contributed by atoms with E-state index in [4.69, 9.17) is 0 Å². The van der Waals surface area contributed by atoms with Crippen molar-refractivity contribution in [3.63, 3.8) is 0 Å². The highest BCUT2D eigenvalue weighted by Crippen LogP contribution is 2.33. The lowest BCUT2D eigenvalue weighted by atomic mass is 10.2. The summed E-state index contributed by atoms with van der Waals surface area (Å²) < 4.78 is 29.2. The Morgan fingerprint density at radius 3 is 2.46 bits per heavy atom. The number of carbonyl (C=O) groups excluding carboxylic acids is 1. The minimum Gasteiger partial charge on any atom is -0.278 e. The molecular formula is C28H22N4O3S2. The molecule has 0 bridgehead atoms. The summed E-state index contributed by atoms with van der Waals surface area (Å²) in [7, 11) is -3.74. The van der Waals surface area contributed by atoms with Crippen LogP contribution in [0.25, 0.3) is 10.2 Å². The van der Waals surface area contributed by atoms with Crippen LogP contribution in [0, 0.1) is 0 Å². The normalized spacial score (nSPS) is 13.0. The van der Waals surface area contributed by atoms with Crippen LogP contribution in [0.4, 0.5) is 10.8 Å². The molecule has 9 heteroatoms. The molecule has 0 aliphatic carbocycles. The molecule has 0 N–H and O–H groups in total. The first-order chi connectivity index (χ1) is 18.0. The predicted octanol–water partition coefficient (Wildman–Crippen LogP) is 5.29. The predicted molar refractivity (Wildman–Crippen MR) is 145 cm³/mol. The fourth-order valence-electron chi connectivity index (χ4n) is 4.47. The number of fused-ring (bicyclic) bond motifs is 2. The second-order valence-electron chi connectivity index (χ2n) is 8.66. The summed E-state index contributed by atoms with van der Waals surface area (Å²) in [6, 6.07) is 26.9. The van der Waals surface area contributed by atoms with Crippen molar-refractivity contribution in [1.29, 1.82) is 0 Å². The van der Waals surface area contributed by atoms with E-state index in [9.17, 15) is 13.2 Å². The minimum absolute atomic E-state index is 0.150. The van der Waals surface area contributed by atoms with E-state index in [-0.39, 0.29) is 17.3 Å². The third kappa shape index (κ3) is 4.36. The number of para-hydroxylation sites is 2. The van der Waals surface area contributed by atoms with Gasteiger partial charge in [0.2, 0.25) is 0 Å². The van der Waals surface area contributed by atoms with Gasteiger partial charge in [0.25, 0.3) is 15.9 Å². The molecule has 3 aromatic carbocycles. The Kier molecular flexibility index (Phi) is 5.94. The lowest BCUT2D eigenvalue weighted by Gasteiger charge is -2.21. The van der Waals surface area contributed by atoms with E-state index in [0.717, 1.165) is 21.5 Å². The Morgan fingerprint density at radius 1 is 0.919 bits per heavy atom. The Balaban J connectivity index is 1.32. The van der Waals surface area contributed by atoms with Gasteiger partial charge in [0.15, 0.2) is 5.13 Å². The third-order valence-corrected chi connectivity index (χ3v) is 9.23. The van der Waals surface area contributed by atoms with Gasteiger partial charge in [0.1, 0.15) is 0 Å². The fourth-order valence-corrected chi connectivity index (χ4v) is 6.93. The highest BCUT2D eigenvalue weighted by molar-refractivity contribution is 7.92. The molecule has 6 rings (SSSR count). The van der Waals surface area contributed by atoms with E-state index in [0.29, 0.717) is 29.3 Å². The number of sulfonamides is 1. The molecule has 3 heterocycles. The Bertz CT molecular complexity index is 1670. The molecular weight excluding hydrogens is 504 g/mol. The Morgan fingerprint density at radius 2 is 1.68 bits per heavy atom. The second kappa shape index (κ2) is 9.42. The summed E-state index contributed by atoms with van der Waals surface area (Å²) in [6.07, 6.45) is 2.36. The summed E-state index contributed by atoms with van der Waals surface area (Å²) in [5, 5.41) is 0.558. The molecule has 1 amide bonds. The van der Waals surface area contributed by atoms with Gasteiger partial charge in [-0.2, -0.15) is 0 Å². The molecule has 0 unspecified atom stereocenters. The molecule has 2 aromatic heterocycles. The summed E-state index contributed by atoms with van der Waals surface area (Å²) in [6.45, 7) is 0.641. The van der Waals surface area contributed by atoms with E-state index in [1.807, 2.05) is 66.7 Å². The van der Waals surface area contributed by atoms with Crippen molar-refractivity contribution >= 4 is 48.3 Å². The molecule has 0 saturated carbocycles. The summed E-state index contributed by atoms with van der Waals surface area (Å²) in [5.74, 6) is -0.278. The zero-order valence-corrected chi connectivity index (χ0v) is 21.3. The molecule has 1 aliphatic heterocycles. The van der Waals surface area contributed by atoms with Gasteiger partial charge in [0, 0.05) is 18.3 Å². The number of nitrogens with zero attached hydrogens (tertiary/aromatic N) is 4. The number of thiazole rings is 1. The maximum absolute atomic E-state index is 13.7. The molecule has 5 aromatic rings. The van der Waals surface area contributed by atoms with Crippen LogP contribution in [0.2, 0.25) is 0 Å². The molecule has 1 aliphatic rings. The molecule has 37 heavy (non-hydrogen) atoms. The summed E-state index contributed by atoms with van der Waals surface area (Å²) in [5.41, 5.74) is 3.63. The lowest BCUT2D eigenvalue weighted by molar-refractivity contribution is 0.0984. The van der Waals surface area contributed by atoms with Crippen LogP contribution >= 0.6 is 11.3 Å². The molecule has 0 saturated heterocycles. The van der Waals surface area contributed by atoms with Gasteiger partial charge in [-0.3, -0.25) is 19.0 Å². The number of carbonyl (C=O) groups is 1. The van der Waals surface area contributed by atoms with Crippen molar-refractivity contribution < 1.29 is 13.2 Å². The molecule has 0 spiro atoms. The van der Waals surface area contributed by atoms with Crippen LogP contribution in [-0.2, 0) is 23.0 Å². The van der Waals surface area contributed by atoms with Crippen molar-refractivity contribution in [2.75, 3.05) is 15.7 Å². The van der Waals surface area contributed by atoms with E-state index in [2.05, 4.69) is 9.97 Å². The van der Waals surface area contributed by atoms with Gasteiger partial charge in [0.05, 0.1) is 33.0 Å².